The molecular weight excluding hydrogens is 578 g/mol. The van der Waals surface area contributed by atoms with Gasteiger partial charge in [0.2, 0.25) is 0 Å². The van der Waals surface area contributed by atoms with Crippen LogP contribution in [-0.2, 0) is 39.8 Å². The maximum atomic E-state index is 6.40. The van der Waals surface area contributed by atoms with Crippen molar-refractivity contribution in [3.63, 3.8) is 0 Å². The van der Waals surface area contributed by atoms with Crippen LogP contribution in [0.15, 0.2) is 24.3 Å². The summed E-state index contributed by atoms with van der Waals surface area (Å²) in [5.74, 6) is 1.66. The minimum Gasteiger partial charge on any atom is -0.426 e. The first kappa shape index (κ1) is 34.6. The monoisotopic (exact) mass is 632 g/mol. The molecule has 0 saturated carbocycles. The lowest BCUT2D eigenvalue weighted by Crippen LogP contribution is -2.45. The average molecular weight is 633 g/mol. The quantitative estimate of drug-likeness (QED) is 0.313. The Balaban J connectivity index is 1.41. The van der Waals surface area contributed by atoms with Gasteiger partial charge in [-0.2, -0.15) is 0 Å². The molecule has 2 aliphatic heterocycles. The normalized spacial score (nSPS) is 23.9. The third kappa shape index (κ3) is 8.13. The highest BCUT2D eigenvalue weighted by Gasteiger charge is 2.45. The Labute approximate surface area is 263 Å². The second-order valence-corrected chi connectivity index (χ2v) is 18.8. The first-order chi connectivity index (χ1) is 19.6. The van der Waals surface area contributed by atoms with Crippen molar-refractivity contribution in [2.45, 2.75) is 119 Å². The number of rotatable bonds is 4. The maximum Gasteiger partial charge on any atom is 0.397 e. The highest BCUT2D eigenvalue weighted by Crippen LogP contribution is 2.55. The van der Waals surface area contributed by atoms with Gasteiger partial charge in [-0.05, 0) is 69.9 Å². The molecule has 0 amide bonds. The maximum absolute atomic E-state index is 6.40. The van der Waals surface area contributed by atoms with E-state index < -0.39 is 17.2 Å². The lowest BCUT2D eigenvalue weighted by molar-refractivity contribution is -0.0673. The molecule has 0 unspecified atom stereocenters. The molecule has 0 N–H and O–H groups in total. The molecule has 0 atom stereocenters. The van der Waals surface area contributed by atoms with Gasteiger partial charge in [0.1, 0.15) is 11.5 Å². The standard InChI is InChI=1S/C35H54O6P2/c1-23-15-29(27(33(9,10)11)17-25(23)31(3,4)5)40-42-36-19-35(20-37-42)21-38-43(39-22-35)41-30-16-24(2)26(32(6,7)8)18-28(30)34(12,13)14/h15-18H,19-22H2,1-14H3. The van der Waals surface area contributed by atoms with Crippen LogP contribution in [0.4, 0.5) is 0 Å². The summed E-state index contributed by atoms with van der Waals surface area (Å²) in [6.45, 7) is 32.8. The first-order valence-electron chi connectivity index (χ1n) is 15.4. The van der Waals surface area contributed by atoms with Crippen LogP contribution in [0, 0.1) is 19.3 Å². The molecule has 0 aromatic heterocycles. The van der Waals surface area contributed by atoms with E-state index in [1.165, 1.54) is 22.3 Å². The van der Waals surface area contributed by atoms with Gasteiger partial charge < -0.3 is 27.1 Å². The molecule has 0 radical (unpaired) electrons. The van der Waals surface area contributed by atoms with Crippen molar-refractivity contribution >= 4 is 17.2 Å². The van der Waals surface area contributed by atoms with Gasteiger partial charge in [-0.25, -0.2) is 0 Å². The van der Waals surface area contributed by atoms with Crippen LogP contribution in [0.3, 0.4) is 0 Å². The smallest absolute Gasteiger partial charge is 0.397 e. The van der Waals surface area contributed by atoms with E-state index in [0.717, 1.165) is 22.6 Å². The topological polar surface area (TPSA) is 55.4 Å². The molecule has 6 nitrogen and oxygen atoms in total. The highest BCUT2D eigenvalue weighted by molar-refractivity contribution is 7.42. The molecule has 2 aliphatic rings. The summed E-state index contributed by atoms with van der Waals surface area (Å²) in [5.41, 5.74) is 6.92. The number of benzene rings is 2. The van der Waals surface area contributed by atoms with E-state index in [1.54, 1.807) is 0 Å². The van der Waals surface area contributed by atoms with Crippen molar-refractivity contribution in [1.29, 1.82) is 0 Å². The zero-order chi connectivity index (χ0) is 32.2. The predicted molar refractivity (Wildman–Crippen MR) is 178 cm³/mol. The Morgan fingerprint density at radius 2 is 0.767 bits per heavy atom. The number of hydrogen-bond acceptors (Lipinski definition) is 6. The molecule has 43 heavy (non-hydrogen) atoms. The fraction of sp³-hybridized carbons (Fsp3) is 0.657. The summed E-state index contributed by atoms with van der Waals surface area (Å²) in [6, 6.07) is 8.86. The van der Waals surface area contributed by atoms with Crippen LogP contribution in [0.2, 0.25) is 0 Å². The van der Waals surface area contributed by atoms with Gasteiger partial charge >= 0.3 is 17.2 Å². The van der Waals surface area contributed by atoms with Gasteiger partial charge in [0.15, 0.2) is 0 Å². The molecule has 0 aliphatic carbocycles. The number of aryl methyl sites for hydroxylation is 2. The molecule has 2 saturated heterocycles. The van der Waals surface area contributed by atoms with Gasteiger partial charge in [0, 0.05) is 11.1 Å². The van der Waals surface area contributed by atoms with E-state index >= 15 is 0 Å². The zero-order valence-electron chi connectivity index (χ0n) is 29.0. The SMILES string of the molecule is Cc1cc(OP2OCC3(CO2)COP(Oc2cc(C)c(C(C)(C)C)cc2C(C)(C)C)OC3)c(C(C)(C)C)cc1C(C)(C)C. The fourth-order valence-electron chi connectivity index (χ4n) is 5.65. The average Bonchev–Trinajstić information content (AvgIpc) is 2.84. The van der Waals surface area contributed by atoms with Crippen LogP contribution in [0.5, 0.6) is 11.5 Å². The molecule has 2 aromatic carbocycles. The third-order valence-electron chi connectivity index (χ3n) is 8.14. The van der Waals surface area contributed by atoms with Crippen LogP contribution in [-0.4, -0.2) is 26.4 Å². The molecular formula is C35H54O6P2. The molecule has 4 rings (SSSR count). The molecule has 1 spiro atoms. The van der Waals surface area contributed by atoms with Crippen molar-refractivity contribution in [1.82, 2.24) is 0 Å². The van der Waals surface area contributed by atoms with E-state index in [0.29, 0.717) is 26.4 Å². The Morgan fingerprint density at radius 1 is 0.488 bits per heavy atom. The van der Waals surface area contributed by atoms with Crippen LogP contribution in [0.25, 0.3) is 0 Å². The summed E-state index contributed by atoms with van der Waals surface area (Å²) < 4.78 is 37.5. The van der Waals surface area contributed by atoms with E-state index in [4.69, 9.17) is 27.1 Å². The molecule has 0 bridgehead atoms. The van der Waals surface area contributed by atoms with Crippen LogP contribution in [0.1, 0.15) is 116 Å². The lowest BCUT2D eigenvalue weighted by Gasteiger charge is -2.41. The second kappa shape index (κ2) is 12.2. The van der Waals surface area contributed by atoms with Gasteiger partial charge in [-0.3, -0.25) is 0 Å². The van der Waals surface area contributed by atoms with E-state index in [1.807, 2.05) is 0 Å². The lowest BCUT2D eigenvalue weighted by atomic mass is 9.78. The van der Waals surface area contributed by atoms with E-state index in [-0.39, 0.29) is 27.1 Å². The van der Waals surface area contributed by atoms with Crippen LogP contribution < -0.4 is 9.05 Å². The van der Waals surface area contributed by atoms with Crippen molar-refractivity contribution in [3.8, 4) is 11.5 Å². The Kier molecular flexibility index (Phi) is 9.79. The van der Waals surface area contributed by atoms with Gasteiger partial charge in [-0.1, -0.05) is 95.2 Å². The van der Waals surface area contributed by atoms with Gasteiger partial charge in [0.25, 0.3) is 0 Å². The van der Waals surface area contributed by atoms with Gasteiger partial charge in [-0.15, -0.1) is 0 Å². The molecule has 2 aromatic rings. The second-order valence-electron chi connectivity index (χ2n) is 16.6. The van der Waals surface area contributed by atoms with Crippen molar-refractivity contribution in [3.05, 3.63) is 57.6 Å². The van der Waals surface area contributed by atoms with Crippen molar-refractivity contribution in [2.75, 3.05) is 26.4 Å². The minimum atomic E-state index is -1.53. The minimum absolute atomic E-state index is 0.0469. The summed E-state index contributed by atoms with van der Waals surface area (Å²) in [4.78, 5) is 0. The van der Waals surface area contributed by atoms with Gasteiger partial charge in [0.05, 0.1) is 31.8 Å². The Bertz CT molecular complexity index is 1190. The van der Waals surface area contributed by atoms with E-state index in [9.17, 15) is 0 Å². The summed E-state index contributed by atoms with van der Waals surface area (Å²) in [7, 11) is -3.07. The summed E-state index contributed by atoms with van der Waals surface area (Å²) in [6.07, 6.45) is 0. The summed E-state index contributed by atoms with van der Waals surface area (Å²) >= 11 is 0. The largest absolute Gasteiger partial charge is 0.426 e. The Morgan fingerprint density at radius 3 is 1.02 bits per heavy atom. The fourth-order valence-corrected chi connectivity index (χ4v) is 8.15. The molecule has 240 valence electrons. The molecule has 2 fully saturated rings. The zero-order valence-corrected chi connectivity index (χ0v) is 30.8. The van der Waals surface area contributed by atoms with Crippen molar-refractivity contribution < 1.29 is 27.1 Å². The predicted octanol–water partition coefficient (Wildman–Crippen LogP) is 10.5. The molecule has 8 heteroatoms. The number of hydrogen-bond donors (Lipinski definition) is 0. The van der Waals surface area contributed by atoms with Crippen molar-refractivity contribution in [2.24, 2.45) is 5.41 Å². The first-order valence-corrected chi connectivity index (χ1v) is 17.6. The van der Waals surface area contributed by atoms with E-state index in [2.05, 4.69) is 121 Å². The van der Waals surface area contributed by atoms with Crippen LogP contribution >= 0.6 is 17.2 Å². The summed E-state index contributed by atoms with van der Waals surface area (Å²) in [5, 5.41) is 0. The Hall–Kier alpha value is -1.26. The highest BCUT2D eigenvalue weighted by atomic mass is 31.2. The molecule has 2 heterocycles. The third-order valence-corrected chi connectivity index (χ3v) is 10.2.